The molecule has 6 heteroatoms. The monoisotopic (exact) mass is 459 g/mol. The van der Waals surface area contributed by atoms with E-state index in [1.807, 2.05) is 50.2 Å². The molecule has 0 unspecified atom stereocenters. The first-order valence-electron chi connectivity index (χ1n) is 11.0. The minimum atomic E-state index is -0.309. The molecule has 0 radical (unpaired) electrons. The number of methoxy groups -OCH3 is 1. The fraction of sp³-hybridized carbons (Fsp3) is 0.179. The van der Waals surface area contributed by atoms with Gasteiger partial charge < -0.3 is 19.2 Å². The normalized spacial score (nSPS) is 11.5. The number of carbonyl (C=O) groups excluding carboxylic acids is 1. The fourth-order valence-electron chi connectivity index (χ4n) is 3.83. The number of allylic oxidation sites excluding steroid dienone is 1. The second kappa shape index (κ2) is 10.3. The van der Waals surface area contributed by atoms with Gasteiger partial charge in [-0.3, -0.25) is 4.79 Å². The molecule has 0 spiro atoms. The second-order valence-corrected chi connectivity index (χ2v) is 7.80. The van der Waals surface area contributed by atoms with Crippen LogP contribution in [0.5, 0.6) is 11.5 Å². The average Bonchev–Trinajstić information content (AvgIpc) is 3.26. The van der Waals surface area contributed by atoms with Gasteiger partial charge in [-0.25, -0.2) is 4.39 Å². The third-order valence-electron chi connectivity index (χ3n) is 5.53. The Hall–Kier alpha value is -4.06. The molecule has 174 valence electrons. The Morgan fingerprint density at radius 1 is 1.06 bits per heavy atom. The van der Waals surface area contributed by atoms with Gasteiger partial charge in [-0.2, -0.15) is 0 Å². The topological polar surface area (TPSA) is 60.7 Å². The van der Waals surface area contributed by atoms with Crippen molar-refractivity contribution in [3.63, 3.8) is 0 Å². The van der Waals surface area contributed by atoms with E-state index in [-0.39, 0.29) is 11.7 Å². The van der Waals surface area contributed by atoms with E-state index in [4.69, 9.17) is 13.9 Å². The number of hydrogen-bond donors (Lipinski definition) is 1. The van der Waals surface area contributed by atoms with E-state index in [0.717, 1.165) is 39.0 Å². The zero-order chi connectivity index (χ0) is 24.1. The summed E-state index contributed by atoms with van der Waals surface area (Å²) in [7, 11) is 1.64. The molecule has 1 heterocycles. The number of para-hydroxylation sites is 1. The minimum absolute atomic E-state index is 0.249. The lowest BCUT2D eigenvalue weighted by Crippen LogP contribution is -2.20. The van der Waals surface area contributed by atoms with Crippen molar-refractivity contribution >= 4 is 22.4 Å². The summed E-state index contributed by atoms with van der Waals surface area (Å²) < 4.78 is 30.3. The highest BCUT2D eigenvalue weighted by molar-refractivity contribution is 6.01. The van der Waals surface area contributed by atoms with Gasteiger partial charge in [0.15, 0.2) is 0 Å². The van der Waals surface area contributed by atoms with Crippen molar-refractivity contribution in [3.05, 3.63) is 89.9 Å². The summed E-state index contributed by atoms with van der Waals surface area (Å²) >= 11 is 0. The number of carbonyl (C=O) groups is 1. The average molecular weight is 460 g/mol. The van der Waals surface area contributed by atoms with E-state index in [2.05, 4.69) is 5.32 Å². The Morgan fingerprint density at radius 3 is 2.56 bits per heavy atom. The summed E-state index contributed by atoms with van der Waals surface area (Å²) in [5, 5.41) is 3.73. The van der Waals surface area contributed by atoms with Gasteiger partial charge in [0.1, 0.15) is 22.9 Å². The van der Waals surface area contributed by atoms with Crippen LogP contribution in [0.2, 0.25) is 0 Å². The molecule has 5 nitrogen and oxygen atoms in total. The third-order valence-corrected chi connectivity index (χ3v) is 5.53. The molecule has 0 aliphatic heterocycles. The third kappa shape index (κ3) is 4.96. The molecule has 3 aromatic carbocycles. The van der Waals surface area contributed by atoms with Gasteiger partial charge in [-0.15, -0.1) is 0 Å². The maximum absolute atomic E-state index is 13.1. The molecule has 4 rings (SSSR count). The van der Waals surface area contributed by atoms with Gasteiger partial charge in [-0.1, -0.05) is 30.3 Å². The number of fused-ring (bicyclic) bond motifs is 1. The molecule has 0 aliphatic rings. The molecule has 1 N–H and O–H groups in total. The van der Waals surface area contributed by atoms with Crippen LogP contribution in [0.3, 0.4) is 0 Å². The minimum Gasteiger partial charge on any atom is -0.496 e. The molecule has 1 aromatic heterocycles. The first-order chi connectivity index (χ1) is 16.5. The van der Waals surface area contributed by atoms with Crippen LogP contribution in [0.25, 0.3) is 27.7 Å². The lowest BCUT2D eigenvalue weighted by atomic mass is 9.98. The van der Waals surface area contributed by atoms with Crippen molar-refractivity contribution in [3.8, 4) is 22.6 Å². The van der Waals surface area contributed by atoms with E-state index in [9.17, 15) is 9.18 Å². The van der Waals surface area contributed by atoms with Crippen molar-refractivity contribution in [2.45, 2.75) is 20.4 Å². The zero-order valence-corrected chi connectivity index (χ0v) is 19.4. The predicted octanol–water partition coefficient (Wildman–Crippen LogP) is 6.37. The smallest absolute Gasteiger partial charge is 0.244 e. The highest BCUT2D eigenvalue weighted by Crippen LogP contribution is 2.40. The van der Waals surface area contributed by atoms with Crippen molar-refractivity contribution in [1.82, 2.24) is 5.32 Å². The summed E-state index contributed by atoms with van der Waals surface area (Å²) in [5.41, 5.74) is 4.85. The van der Waals surface area contributed by atoms with Crippen LogP contribution < -0.4 is 14.8 Å². The number of amides is 1. The standard InChI is InChI=1S/C28H26FNO4/c1-4-33-26-15-27-23(24(17-34-27)21-7-5-6-8-25(21)32-3)14-22(26)18(2)13-28(31)30-16-19-9-11-20(29)12-10-19/h5-15,17H,4,16H2,1-3H3,(H,30,31)/b18-13+. The Balaban J connectivity index is 1.67. The molecular formula is C28H26FNO4. The van der Waals surface area contributed by atoms with Crippen LogP contribution in [0.1, 0.15) is 25.0 Å². The van der Waals surface area contributed by atoms with Crippen LogP contribution in [0.15, 0.2) is 77.4 Å². The number of rotatable bonds is 8. The van der Waals surface area contributed by atoms with Gasteiger partial charge in [0.2, 0.25) is 5.91 Å². The second-order valence-electron chi connectivity index (χ2n) is 7.80. The first kappa shape index (κ1) is 23.1. The predicted molar refractivity (Wildman–Crippen MR) is 131 cm³/mol. The number of nitrogens with one attached hydrogen (secondary N) is 1. The Labute approximate surface area is 197 Å². The Morgan fingerprint density at radius 2 is 1.82 bits per heavy atom. The van der Waals surface area contributed by atoms with Crippen LogP contribution >= 0.6 is 0 Å². The summed E-state index contributed by atoms with van der Waals surface area (Å²) in [4.78, 5) is 12.6. The van der Waals surface area contributed by atoms with Crippen molar-refractivity contribution in [1.29, 1.82) is 0 Å². The van der Waals surface area contributed by atoms with Crippen LogP contribution in [-0.4, -0.2) is 19.6 Å². The molecule has 0 fully saturated rings. The van der Waals surface area contributed by atoms with Crippen molar-refractivity contribution in [2.24, 2.45) is 0 Å². The van der Waals surface area contributed by atoms with Gasteiger partial charge in [0.25, 0.3) is 0 Å². The van der Waals surface area contributed by atoms with Gasteiger partial charge in [0, 0.05) is 40.8 Å². The summed E-state index contributed by atoms with van der Waals surface area (Å²) in [6, 6.07) is 17.6. The fourth-order valence-corrected chi connectivity index (χ4v) is 3.83. The molecule has 0 aliphatic carbocycles. The molecule has 1 amide bonds. The van der Waals surface area contributed by atoms with E-state index in [1.165, 1.54) is 18.2 Å². The Kier molecular flexibility index (Phi) is 6.97. The van der Waals surface area contributed by atoms with Crippen LogP contribution in [0.4, 0.5) is 4.39 Å². The molecule has 0 bridgehead atoms. The Bertz CT molecular complexity index is 1340. The van der Waals surface area contributed by atoms with Crippen LogP contribution in [-0.2, 0) is 11.3 Å². The van der Waals surface area contributed by atoms with Gasteiger partial charge in [0.05, 0.1) is 20.0 Å². The van der Waals surface area contributed by atoms with Gasteiger partial charge >= 0.3 is 0 Å². The van der Waals surface area contributed by atoms with Gasteiger partial charge in [-0.05, 0) is 49.2 Å². The maximum Gasteiger partial charge on any atom is 0.244 e. The molecular weight excluding hydrogens is 433 g/mol. The summed E-state index contributed by atoms with van der Waals surface area (Å²) in [5.74, 6) is 0.821. The lowest BCUT2D eigenvalue weighted by molar-refractivity contribution is -0.116. The van der Waals surface area contributed by atoms with E-state index >= 15 is 0 Å². The first-order valence-corrected chi connectivity index (χ1v) is 11.0. The maximum atomic E-state index is 13.1. The van der Waals surface area contributed by atoms with Crippen molar-refractivity contribution < 1.29 is 23.1 Å². The molecule has 0 saturated heterocycles. The number of ether oxygens (including phenoxy) is 2. The van der Waals surface area contributed by atoms with E-state index < -0.39 is 0 Å². The quantitative estimate of drug-likeness (QED) is 0.311. The van der Waals surface area contributed by atoms with E-state index in [1.54, 1.807) is 25.5 Å². The number of hydrogen-bond acceptors (Lipinski definition) is 4. The molecule has 0 atom stereocenters. The number of halogens is 1. The molecule has 4 aromatic rings. The lowest BCUT2D eigenvalue weighted by Gasteiger charge is -2.12. The van der Waals surface area contributed by atoms with Crippen molar-refractivity contribution in [2.75, 3.05) is 13.7 Å². The molecule has 0 saturated carbocycles. The number of benzene rings is 3. The zero-order valence-electron chi connectivity index (χ0n) is 19.4. The van der Waals surface area contributed by atoms with E-state index in [0.29, 0.717) is 24.5 Å². The molecule has 34 heavy (non-hydrogen) atoms. The summed E-state index contributed by atoms with van der Waals surface area (Å²) in [6.07, 6.45) is 3.24. The highest BCUT2D eigenvalue weighted by atomic mass is 19.1. The highest BCUT2D eigenvalue weighted by Gasteiger charge is 2.17. The van der Waals surface area contributed by atoms with Crippen LogP contribution in [0, 0.1) is 5.82 Å². The number of furan rings is 1. The SMILES string of the molecule is CCOc1cc2occ(-c3ccccc3OC)c2cc1/C(C)=C/C(=O)NCc1ccc(F)cc1. The summed E-state index contributed by atoms with van der Waals surface area (Å²) in [6.45, 7) is 4.55. The largest absolute Gasteiger partial charge is 0.496 e.